The Morgan fingerprint density at radius 2 is 1.84 bits per heavy atom. The molecule has 0 saturated carbocycles. The van der Waals surface area contributed by atoms with Crippen molar-refractivity contribution in [3.8, 4) is 17.4 Å². The first kappa shape index (κ1) is 33.0. The highest BCUT2D eigenvalue weighted by Crippen LogP contribution is 2.37. The molecule has 1 amide bonds. The third-order valence-corrected chi connectivity index (χ3v) is 7.48. The van der Waals surface area contributed by atoms with E-state index in [-0.39, 0.29) is 28.3 Å². The number of piperazine rings is 1. The Morgan fingerprint density at radius 3 is 2.50 bits per heavy atom. The van der Waals surface area contributed by atoms with Crippen molar-refractivity contribution in [3.05, 3.63) is 66.3 Å². The molecule has 1 aliphatic heterocycles. The number of carbonyl (C=O) groups excluding carboxylic acids is 1. The highest BCUT2D eigenvalue weighted by Gasteiger charge is 2.33. The smallest absolute Gasteiger partial charge is 0.437 e. The van der Waals surface area contributed by atoms with Gasteiger partial charge in [-0.1, -0.05) is 24.2 Å². The van der Waals surface area contributed by atoms with Gasteiger partial charge in [0.25, 0.3) is 0 Å². The molecule has 16 heteroatoms. The first-order chi connectivity index (χ1) is 20.7. The van der Waals surface area contributed by atoms with E-state index >= 15 is 0 Å². The van der Waals surface area contributed by atoms with E-state index in [9.17, 15) is 22.2 Å². The number of amides is 1. The zero-order valence-corrected chi connectivity index (χ0v) is 25.6. The second kappa shape index (κ2) is 13.8. The molecule has 1 saturated heterocycles. The number of carbonyl (C=O) groups is 1. The second-order valence-corrected chi connectivity index (χ2v) is 11.9. The molecular weight excluding hydrogens is 625 g/mol. The summed E-state index contributed by atoms with van der Waals surface area (Å²) >= 11 is 4.57. The highest BCUT2D eigenvalue weighted by molar-refractivity contribution is 7.77. The monoisotopic (exact) mass is 654 g/mol. The Morgan fingerprint density at radius 1 is 1.11 bits per heavy atom. The fraction of sp³-hybridized carbons (Fsp3) is 0.321. The van der Waals surface area contributed by atoms with Crippen molar-refractivity contribution in [1.29, 1.82) is 0 Å². The summed E-state index contributed by atoms with van der Waals surface area (Å²) in [5.74, 6) is -0.852. The summed E-state index contributed by atoms with van der Waals surface area (Å²) in [6.07, 6.45) is -2.64. The third-order valence-electron chi connectivity index (χ3n) is 5.79. The predicted octanol–water partition coefficient (Wildman–Crippen LogP) is 6.20. The number of rotatable bonds is 10. The van der Waals surface area contributed by atoms with Crippen LogP contribution in [0, 0.1) is 0 Å². The molecule has 1 aliphatic rings. The molecule has 44 heavy (non-hydrogen) atoms. The SMILES string of the molecule is C=CC(=O)Nc1cccc(Oc2nc(Nc3ccc(N4CCN(S(=O)OC(C)(C)C)CC4)cc3OC(F)(F)F)ncc2Cl)c1. The summed E-state index contributed by atoms with van der Waals surface area (Å²) in [6.45, 7) is 10.4. The molecule has 4 rings (SSSR count). The Labute approximate surface area is 259 Å². The van der Waals surface area contributed by atoms with Crippen LogP contribution >= 0.6 is 11.6 Å². The van der Waals surface area contributed by atoms with E-state index in [1.54, 1.807) is 49.3 Å². The summed E-state index contributed by atoms with van der Waals surface area (Å²) < 4.78 is 69.9. The summed E-state index contributed by atoms with van der Waals surface area (Å²) in [5.41, 5.74) is 0.247. The van der Waals surface area contributed by atoms with E-state index in [1.807, 2.05) is 4.90 Å². The van der Waals surface area contributed by atoms with Crippen LogP contribution in [0.25, 0.3) is 0 Å². The van der Waals surface area contributed by atoms with Crippen molar-refractivity contribution in [2.75, 3.05) is 41.7 Å². The van der Waals surface area contributed by atoms with Crippen LogP contribution in [0.4, 0.5) is 36.2 Å². The van der Waals surface area contributed by atoms with Crippen molar-refractivity contribution in [2.24, 2.45) is 0 Å². The predicted molar refractivity (Wildman–Crippen MR) is 162 cm³/mol. The molecule has 1 fully saturated rings. The van der Waals surface area contributed by atoms with Gasteiger partial charge < -0.3 is 25.0 Å². The molecule has 0 aliphatic carbocycles. The van der Waals surface area contributed by atoms with Crippen LogP contribution in [0.15, 0.2) is 61.3 Å². The van der Waals surface area contributed by atoms with Gasteiger partial charge in [-0.15, -0.1) is 13.2 Å². The minimum atomic E-state index is -4.98. The van der Waals surface area contributed by atoms with Crippen LogP contribution in [-0.4, -0.2) is 62.5 Å². The summed E-state index contributed by atoms with van der Waals surface area (Å²) in [7, 11) is 0. The van der Waals surface area contributed by atoms with Gasteiger partial charge in [0.05, 0.1) is 17.5 Å². The van der Waals surface area contributed by atoms with Crippen molar-refractivity contribution in [3.63, 3.8) is 0 Å². The Bertz CT molecular complexity index is 1530. The number of nitrogens with zero attached hydrogens (tertiary/aromatic N) is 4. The molecule has 2 heterocycles. The van der Waals surface area contributed by atoms with Gasteiger partial charge in [-0.05, 0) is 51.1 Å². The molecule has 0 radical (unpaired) electrons. The van der Waals surface area contributed by atoms with Crippen LogP contribution < -0.4 is 25.0 Å². The van der Waals surface area contributed by atoms with Crippen molar-refractivity contribution in [2.45, 2.75) is 32.7 Å². The van der Waals surface area contributed by atoms with Crippen LogP contribution in [0.2, 0.25) is 5.02 Å². The quantitative estimate of drug-likeness (QED) is 0.246. The maximum atomic E-state index is 13.4. The average molecular weight is 655 g/mol. The third kappa shape index (κ3) is 9.54. The summed E-state index contributed by atoms with van der Waals surface area (Å²) in [4.78, 5) is 21.7. The fourth-order valence-corrected chi connectivity index (χ4v) is 5.05. The Balaban J connectivity index is 1.51. The molecule has 1 atom stereocenters. The normalized spacial score (nSPS) is 14.9. The van der Waals surface area contributed by atoms with Crippen LogP contribution in [0.1, 0.15) is 20.8 Å². The van der Waals surface area contributed by atoms with Crippen LogP contribution in [0.5, 0.6) is 17.4 Å². The Hall–Kier alpha value is -3.92. The van der Waals surface area contributed by atoms with Gasteiger partial charge in [-0.3, -0.25) is 8.98 Å². The molecule has 11 nitrogen and oxygen atoms in total. The van der Waals surface area contributed by atoms with Gasteiger partial charge in [0.1, 0.15) is 10.8 Å². The number of ether oxygens (including phenoxy) is 2. The van der Waals surface area contributed by atoms with Crippen LogP contribution in [0.3, 0.4) is 0 Å². The van der Waals surface area contributed by atoms with Crippen molar-refractivity contribution < 1.29 is 35.8 Å². The molecule has 0 spiro atoms. The van der Waals surface area contributed by atoms with E-state index in [0.717, 1.165) is 6.08 Å². The van der Waals surface area contributed by atoms with E-state index in [2.05, 4.69) is 31.9 Å². The van der Waals surface area contributed by atoms with Gasteiger partial charge in [0.15, 0.2) is 5.75 Å². The van der Waals surface area contributed by atoms with Gasteiger partial charge in [-0.25, -0.2) is 9.19 Å². The van der Waals surface area contributed by atoms with Gasteiger partial charge >= 0.3 is 6.36 Å². The van der Waals surface area contributed by atoms with Crippen LogP contribution in [-0.2, 0) is 20.2 Å². The number of hydrogen-bond donors (Lipinski definition) is 2. The molecular formula is C28H30ClF3N6O5S. The molecule has 1 unspecified atom stereocenters. The molecule has 3 aromatic rings. The van der Waals surface area contributed by atoms with Gasteiger partial charge in [-0.2, -0.15) is 9.29 Å². The lowest BCUT2D eigenvalue weighted by molar-refractivity contribution is -0.274. The maximum absolute atomic E-state index is 13.4. The number of hydrogen-bond acceptors (Lipinski definition) is 9. The summed E-state index contributed by atoms with van der Waals surface area (Å²) in [6, 6.07) is 10.7. The number of alkyl halides is 3. The highest BCUT2D eigenvalue weighted by atomic mass is 35.5. The lowest BCUT2D eigenvalue weighted by Gasteiger charge is -2.36. The summed E-state index contributed by atoms with van der Waals surface area (Å²) in [5, 5.41) is 5.36. The number of benzene rings is 2. The molecule has 1 aromatic heterocycles. The number of nitrogens with one attached hydrogen (secondary N) is 2. The van der Waals surface area contributed by atoms with E-state index < -0.39 is 34.9 Å². The van der Waals surface area contributed by atoms with Crippen molar-refractivity contribution in [1.82, 2.24) is 14.3 Å². The fourth-order valence-electron chi connectivity index (χ4n) is 3.93. The lowest BCUT2D eigenvalue weighted by Crippen LogP contribution is -2.48. The average Bonchev–Trinajstić information content (AvgIpc) is 2.94. The molecule has 2 N–H and O–H groups in total. The maximum Gasteiger partial charge on any atom is 0.573 e. The zero-order chi connectivity index (χ0) is 32.1. The number of aromatic nitrogens is 2. The molecule has 236 valence electrons. The topological polar surface area (TPSA) is 118 Å². The number of halogens is 4. The van der Waals surface area contributed by atoms with Gasteiger partial charge in [0.2, 0.25) is 29.0 Å². The van der Waals surface area contributed by atoms with Gasteiger partial charge in [0, 0.05) is 49.7 Å². The first-order valence-corrected chi connectivity index (χ1v) is 14.6. The minimum absolute atomic E-state index is 0.0335. The largest absolute Gasteiger partial charge is 0.573 e. The van der Waals surface area contributed by atoms with E-state index in [4.69, 9.17) is 20.5 Å². The minimum Gasteiger partial charge on any atom is -0.437 e. The van der Waals surface area contributed by atoms with E-state index in [1.165, 1.54) is 24.4 Å². The Kier molecular flexibility index (Phi) is 10.3. The number of anilines is 4. The standard InChI is InChI=1S/C28H30ClF3N6O5S/c1-5-24(39)34-18-7-6-8-20(15-18)41-25-21(29)17-33-26(36-25)35-22-10-9-19(16-23(22)42-28(30,31)32)37-11-13-38(14-12-37)44(40)43-27(2,3)4/h5-10,15-17H,1,11-14H2,2-4H3,(H,34,39)(H,33,35,36). The molecule has 0 bridgehead atoms. The lowest BCUT2D eigenvalue weighted by atomic mass is 10.2. The second-order valence-electron chi connectivity index (χ2n) is 10.4. The zero-order valence-electron chi connectivity index (χ0n) is 24.0. The van der Waals surface area contributed by atoms with E-state index in [0.29, 0.717) is 37.6 Å². The molecule has 2 aromatic carbocycles. The first-order valence-electron chi connectivity index (χ1n) is 13.2. The van der Waals surface area contributed by atoms with Crippen molar-refractivity contribution >= 4 is 51.8 Å².